The molecule has 164 valence electrons. The van der Waals surface area contributed by atoms with Crippen LogP contribution in [0.15, 0.2) is 61.2 Å². The van der Waals surface area contributed by atoms with E-state index in [1.54, 1.807) is 19.6 Å². The fraction of sp³-hybridized carbons (Fsp3) is 0.174. The fourth-order valence-corrected chi connectivity index (χ4v) is 3.26. The number of hydrogen-bond donors (Lipinski definition) is 1. The van der Waals surface area contributed by atoms with Crippen LogP contribution in [0.3, 0.4) is 0 Å². The molecule has 0 atom stereocenters. The molecule has 0 fully saturated rings. The number of methoxy groups -OCH3 is 1. The first-order valence-electron chi connectivity index (χ1n) is 9.72. The number of nitrogens with one attached hydrogen (secondary N) is 1. The molecule has 0 spiro atoms. The number of imidazole rings is 1. The molecule has 6 nitrogen and oxygen atoms in total. The smallest absolute Gasteiger partial charge is 0.416 e. The lowest BCUT2D eigenvalue weighted by Crippen LogP contribution is -2.04. The molecule has 0 unspecified atom stereocenters. The number of ether oxygens (including phenoxy) is 1. The van der Waals surface area contributed by atoms with Gasteiger partial charge in [-0.05, 0) is 43.7 Å². The highest BCUT2D eigenvalue weighted by molar-refractivity contribution is 5.67. The Morgan fingerprint density at radius 3 is 2.38 bits per heavy atom. The van der Waals surface area contributed by atoms with Crippen LogP contribution in [-0.2, 0) is 6.18 Å². The number of hydrogen-bond acceptors (Lipinski definition) is 5. The molecule has 32 heavy (non-hydrogen) atoms. The minimum atomic E-state index is -4.38. The second-order valence-corrected chi connectivity index (χ2v) is 7.23. The van der Waals surface area contributed by atoms with Gasteiger partial charge in [-0.2, -0.15) is 13.2 Å². The van der Waals surface area contributed by atoms with E-state index in [9.17, 15) is 13.2 Å². The van der Waals surface area contributed by atoms with Crippen LogP contribution in [0.5, 0.6) is 5.75 Å². The van der Waals surface area contributed by atoms with E-state index in [4.69, 9.17) is 4.74 Å². The molecule has 2 aromatic carbocycles. The average Bonchev–Trinajstić information content (AvgIpc) is 3.20. The number of anilines is 2. The van der Waals surface area contributed by atoms with Crippen LogP contribution in [0.25, 0.3) is 16.9 Å². The highest BCUT2D eigenvalue weighted by Crippen LogP contribution is 2.32. The van der Waals surface area contributed by atoms with Crippen molar-refractivity contribution in [3.8, 4) is 22.7 Å². The number of rotatable bonds is 5. The van der Waals surface area contributed by atoms with Crippen LogP contribution in [0.1, 0.15) is 16.8 Å². The maximum atomic E-state index is 12.9. The van der Waals surface area contributed by atoms with Gasteiger partial charge in [-0.25, -0.2) is 15.0 Å². The maximum absolute atomic E-state index is 12.9. The molecule has 0 radical (unpaired) electrons. The summed E-state index contributed by atoms with van der Waals surface area (Å²) in [4.78, 5) is 13.0. The van der Waals surface area contributed by atoms with Crippen molar-refractivity contribution >= 4 is 11.6 Å². The van der Waals surface area contributed by atoms with Crippen molar-refractivity contribution in [1.29, 1.82) is 0 Å². The third-order valence-corrected chi connectivity index (χ3v) is 4.88. The Kier molecular flexibility index (Phi) is 5.56. The van der Waals surface area contributed by atoms with Crippen molar-refractivity contribution < 1.29 is 17.9 Å². The summed E-state index contributed by atoms with van der Waals surface area (Å²) in [7, 11) is 1.58. The van der Waals surface area contributed by atoms with Gasteiger partial charge in [0.15, 0.2) is 0 Å². The van der Waals surface area contributed by atoms with E-state index in [1.165, 1.54) is 12.1 Å². The SMILES string of the molecule is COc1cc(Nc2ncc(C)c(-c3ccc(C(F)(F)F)cc3)n2)ccc1-n1cnc(C)c1. The third-order valence-electron chi connectivity index (χ3n) is 4.88. The Morgan fingerprint density at radius 2 is 1.75 bits per heavy atom. The minimum absolute atomic E-state index is 0.318. The van der Waals surface area contributed by atoms with Crippen LogP contribution in [0.4, 0.5) is 24.8 Å². The quantitative estimate of drug-likeness (QED) is 0.431. The first kappa shape index (κ1) is 21.4. The molecule has 0 saturated heterocycles. The second-order valence-electron chi connectivity index (χ2n) is 7.23. The molecule has 1 N–H and O–H groups in total. The van der Waals surface area contributed by atoms with Crippen LogP contribution < -0.4 is 10.1 Å². The molecule has 4 rings (SSSR count). The van der Waals surface area contributed by atoms with Gasteiger partial charge in [0.2, 0.25) is 5.95 Å². The standard InChI is InChI=1S/C23H20F3N5O/c1-14-11-27-22(30-21(14)16-4-6-17(7-5-16)23(24,25)26)29-18-8-9-19(20(10-18)32-3)31-12-15(2)28-13-31/h4-13H,1-3H3,(H,27,29,30). The summed E-state index contributed by atoms with van der Waals surface area (Å²) in [5.41, 5.74) is 3.58. The van der Waals surface area contributed by atoms with Gasteiger partial charge in [0, 0.05) is 29.7 Å². The van der Waals surface area contributed by atoms with Crippen LogP contribution in [0, 0.1) is 13.8 Å². The van der Waals surface area contributed by atoms with Crippen molar-refractivity contribution in [2.45, 2.75) is 20.0 Å². The highest BCUT2D eigenvalue weighted by atomic mass is 19.4. The Balaban J connectivity index is 1.62. The second kappa shape index (κ2) is 8.33. The zero-order valence-electron chi connectivity index (χ0n) is 17.6. The fourth-order valence-electron chi connectivity index (χ4n) is 3.26. The Morgan fingerprint density at radius 1 is 1.00 bits per heavy atom. The number of alkyl halides is 3. The Bertz CT molecular complexity index is 1250. The third kappa shape index (κ3) is 4.41. The lowest BCUT2D eigenvalue weighted by Gasteiger charge is -2.13. The number of nitrogens with zero attached hydrogens (tertiary/aromatic N) is 4. The average molecular weight is 439 g/mol. The Labute approximate surface area is 182 Å². The van der Waals surface area contributed by atoms with Crippen LogP contribution in [0.2, 0.25) is 0 Å². The van der Waals surface area contributed by atoms with Gasteiger partial charge in [-0.3, -0.25) is 0 Å². The summed E-state index contributed by atoms with van der Waals surface area (Å²) >= 11 is 0. The van der Waals surface area contributed by atoms with Crippen molar-refractivity contribution in [2.75, 3.05) is 12.4 Å². The molecule has 9 heteroatoms. The van der Waals surface area contributed by atoms with Crippen molar-refractivity contribution in [3.63, 3.8) is 0 Å². The molecule has 0 aliphatic heterocycles. The predicted molar refractivity (Wildman–Crippen MR) is 115 cm³/mol. The van der Waals surface area contributed by atoms with Crippen LogP contribution >= 0.6 is 0 Å². The van der Waals surface area contributed by atoms with Crippen molar-refractivity contribution in [3.05, 3.63) is 78.0 Å². The van der Waals surface area contributed by atoms with Gasteiger partial charge in [0.05, 0.1) is 36.1 Å². The van der Waals surface area contributed by atoms with E-state index >= 15 is 0 Å². The lowest BCUT2D eigenvalue weighted by molar-refractivity contribution is -0.137. The maximum Gasteiger partial charge on any atom is 0.416 e. The predicted octanol–water partition coefficient (Wildman–Crippen LogP) is 5.72. The molecule has 4 aromatic rings. The molecule has 0 aliphatic carbocycles. The summed E-state index contributed by atoms with van der Waals surface area (Å²) < 4.78 is 46.0. The van der Waals surface area contributed by atoms with Gasteiger partial charge in [-0.1, -0.05) is 12.1 Å². The normalized spacial score (nSPS) is 11.4. The van der Waals surface area contributed by atoms with Gasteiger partial charge < -0.3 is 14.6 Å². The molecule has 0 bridgehead atoms. The van der Waals surface area contributed by atoms with E-state index in [2.05, 4.69) is 20.3 Å². The summed E-state index contributed by atoms with van der Waals surface area (Å²) in [6.07, 6.45) is 0.846. The van der Waals surface area contributed by atoms with Gasteiger partial charge in [-0.15, -0.1) is 0 Å². The van der Waals surface area contributed by atoms with E-state index in [0.29, 0.717) is 28.6 Å². The summed E-state index contributed by atoms with van der Waals surface area (Å²) in [6.45, 7) is 3.71. The van der Waals surface area contributed by atoms with E-state index in [1.807, 2.05) is 42.8 Å². The highest BCUT2D eigenvalue weighted by Gasteiger charge is 2.30. The van der Waals surface area contributed by atoms with E-state index in [0.717, 1.165) is 29.1 Å². The Hall–Kier alpha value is -3.88. The zero-order valence-corrected chi connectivity index (χ0v) is 17.6. The zero-order chi connectivity index (χ0) is 22.9. The van der Waals surface area contributed by atoms with Crippen molar-refractivity contribution in [1.82, 2.24) is 19.5 Å². The molecule has 0 saturated carbocycles. The van der Waals surface area contributed by atoms with Gasteiger partial charge >= 0.3 is 6.18 Å². The van der Waals surface area contributed by atoms with Crippen LogP contribution in [-0.4, -0.2) is 26.6 Å². The lowest BCUT2D eigenvalue weighted by atomic mass is 10.1. The molecule has 0 amide bonds. The molecular weight excluding hydrogens is 419 g/mol. The largest absolute Gasteiger partial charge is 0.494 e. The minimum Gasteiger partial charge on any atom is -0.494 e. The van der Waals surface area contributed by atoms with E-state index in [-0.39, 0.29) is 0 Å². The molecule has 2 aromatic heterocycles. The molecular formula is C23H20F3N5O. The number of halogens is 3. The number of benzene rings is 2. The number of aryl methyl sites for hydroxylation is 2. The number of aromatic nitrogens is 4. The van der Waals surface area contributed by atoms with Crippen molar-refractivity contribution in [2.24, 2.45) is 0 Å². The van der Waals surface area contributed by atoms with Gasteiger partial charge in [0.1, 0.15) is 5.75 Å². The molecule has 0 aliphatic rings. The first-order chi connectivity index (χ1) is 15.2. The summed E-state index contributed by atoms with van der Waals surface area (Å²) in [6, 6.07) is 10.5. The first-order valence-corrected chi connectivity index (χ1v) is 9.72. The summed E-state index contributed by atoms with van der Waals surface area (Å²) in [5.74, 6) is 0.946. The van der Waals surface area contributed by atoms with Gasteiger partial charge in [0.25, 0.3) is 0 Å². The molecule has 2 heterocycles. The monoisotopic (exact) mass is 439 g/mol. The van der Waals surface area contributed by atoms with E-state index < -0.39 is 11.7 Å². The topological polar surface area (TPSA) is 64.9 Å². The summed E-state index contributed by atoms with van der Waals surface area (Å²) in [5, 5.41) is 3.13.